The normalized spacial score (nSPS) is 23.0. The summed E-state index contributed by atoms with van der Waals surface area (Å²) in [6.07, 6.45) is 6.54. The number of fused-ring (bicyclic) bond motifs is 1. The summed E-state index contributed by atoms with van der Waals surface area (Å²) in [5.41, 5.74) is 4.01. The molecule has 6 heteroatoms. The molecule has 0 amide bonds. The third-order valence-electron chi connectivity index (χ3n) is 6.08. The van der Waals surface area contributed by atoms with Crippen LogP contribution in [0.1, 0.15) is 49.7 Å². The lowest BCUT2D eigenvalue weighted by Crippen LogP contribution is -2.30. The highest BCUT2D eigenvalue weighted by Crippen LogP contribution is 2.47. The molecule has 2 aromatic carbocycles. The van der Waals surface area contributed by atoms with E-state index in [0.717, 1.165) is 41.2 Å². The number of nitrogens with zero attached hydrogens (tertiary/aromatic N) is 2. The van der Waals surface area contributed by atoms with Gasteiger partial charge >= 0.3 is 5.97 Å². The van der Waals surface area contributed by atoms with Gasteiger partial charge in [0.15, 0.2) is 0 Å². The van der Waals surface area contributed by atoms with E-state index in [1.54, 1.807) is 0 Å². The zero-order valence-corrected chi connectivity index (χ0v) is 16.8. The SMILES string of the molecule is O=C1OC(O)(c2ccccc2)C(CC2CCCCC2)=C1c1ccc2nsnc2c1. The average Bonchev–Trinajstić information content (AvgIpc) is 3.32. The third-order valence-corrected chi connectivity index (χ3v) is 6.64. The number of esters is 1. The summed E-state index contributed by atoms with van der Waals surface area (Å²) in [7, 11) is 0. The van der Waals surface area contributed by atoms with E-state index in [2.05, 4.69) is 8.75 Å². The second-order valence-electron chi connectivity index (χ2n) is 7.93. The standard InChI is InChI=1S/C23H22N2O3S/c26-22-21(16-11-12-19-20(14-16)25-29-24-19)18(13-15-7-3-1-4-8-15)23(27,28-22)17-9-5-2-6-10-17/h2,5-6,9-12,14-15,27H,1,3-4,7-8,13H2. The number of ether oxygens (including phenoxy) is 1. The van der Waals surface area contributed by atoms with E-state index in [0.29, 0.717) is 29.0 Å². The van der Waals surface area contributed by atoms with Crippen molar-refractivity contribution in [2.24, 2.45) is 5.92 Å². The van der Waals surface area contributed by atoms with Crippen LogP contribution in [0.3, 0.4) is 0 Å². The molecule has 29 heavy (non-hydrogen) atoms. The highest BCUT2D eigenvalue weighted by Gasteiger charge is 2.48. The van der Waals surface area contributed by atoms with E-state index >= 15 is 0 Å². The number of carbonyl (C=O) groups is 1. The van der Waals surface area contributed by atoms with Crippen LogP contribution in [0.15, 0.2) is 54.1 Å². The van der Waals surface area contributed by atoms with E-state index in [9.17, 15) is 9.90 Å². The van der Waals surface area contributed by atoms with Gasteiger partial charge in [-0.1, -0.05) is 68.5 Å². The van der Waals surface area contributed by atoms with Gasteiger partial charge in [0.05, 0.1) is 17.3 Å². The molecule has 0 saturated heterocycles. The monoisotopic (exact) mass is 406 g/mol. The van der Waals surface area contributed by atoms with Crippen molar-refractivity contribution in [1.29, 1.82) is 0 Å². The molecule has 1 aliphatic heterocycles. The largest absolute Gasteiger partial charge is 0.421 e. The van der Waals surface area contributed by atoms with Crippen LogP contribution in [-0.4, -0.2) is 19.8 Å². The Labute approximate surface area is 173 Å². The zero-order chi connectivity index (χ0) is 19.8. The fraction of sp³-hybridized carbons (Fsp3) is 0.348. The summed E-state index contributed by atoms with van der Waals surface area (Å²) < 4.78 is 14.2. The van der Waals surface area contributed by atoms with Crippen LogP contribution in [0.4, 0.5) is 0 Å². The molecule has 1 unspecified atom stereocenters. The average molecular weight is 407 g/mol. The van der Waals surface area contributed by atoms with Crippen molar-refractivity contribution < 1.29 is 14.6 Å². The molecule has 1 fully saturated rings. The van der Waals surface area contributed by atoms with Gasteiger partial charge in [0.25, 0.3) is 5.79 Å². The lowest BCUT2D eigenvalue weighted by atomic mass is 9.80. The van der Waals surface area contributed by atoms with Crippen LogP contribution in [-0.2, 0) is 15.3 Å². The Morgan fingerprint density at radius 2 is 1.79 bits per heavy atom. The molecule has 0 spiro atoms. The molecule has 1 N–H and O–H groups in total. The number of hydrogen-bond donors (Lipinski definition) is 1. The van der Waals surface area contributed by atoms with Crippen molar-refractivity contribution in [2.45, 2.75) is 44.3 Å². The van der Waals surface area contributed by atoms with Gasteiger partial charge in [0.2, 0.25) is 0 Å². The van der Waals surface area contributed by atoms with Gasteiger partial charge in [-0.2, -0.15) is 8.75 Å². The predicted molar refractivity (Wildman–Crippen MR) is 112 cm³/mol. The molecule has 5 nitrogen and oxygen atoms in total. The number of hydrogen-bond acceptors (Lipinski definition) is 6. The first-order valence-electron chi connectivity index (χ1n) is 10.1. The molecule has 1 saturated carbocycles. The van der Waals surface area contributed by atoms with Gasteiger partial charge in [0, 0.05) is 11.1 Å². The Kier molecular flexibility index (Phi) is 4.68. The topological polar surface area (TPSA) is 72.3 Å². The Morgan fingerprint density at radius 3 is 2.59 bits per heavy atom. The van der Waals surface area contributed by atoms with Crippen molar-refractivity contribution in [3.63, 3.8) is 0 Å². The first kappa shape index (κ1) is 18.5. The Balaban J connectivity index is 1.65. The fourth-order valence-corrected chi connectivity index (χ4v) is 5.10. The third kappa shape index (κ3) is 3.26. The van der Waals surface area contributed by atoms with Crippen molar-refractivity contribution in [3.8, 4) is 0 Å². The number of benzene rings is 2. The van der Waals surface area contributed by atoms with Crippen LogP contribution in [0.2, 0.25) is 0 Å². The highest BCUT2D eigenvalue weighted by atomic mass is 32.1. The smallest absolute Gasteiger partial charge is 0.341 e. The van der Waals surface area contributed by atoms with Crippen molar-refractivity contribution >= 4 is 34.3 Å². The zero-order valence-electron chi connectivity index (χ0n) is 16.0. The molecule has 2 heterocycles. The number of aromatic nitrogens is 2. The van der Waals surface area contributed by atoms with Gasteiger partial charge in [0.1, 0.15) is 11.0 Å². The number of rotatable bonds is 4. The summed E-state index contributed by atoms with van der Waals surface area (Å²) in [5.74, 6) is -1.76. The molecule has 2 aliphatic rings. The maximum absolute atomic E-state index is 13.0. The molecule has 0 radical (unpaired) electrons. The van der Waals surface area contributed by atoms with E-state index in [1.165, 1.54) is 19.3 Å². The molecule has 148 valence electrons. The lowest BCUT2D eigenvalue weighted by molar-refractivity contribution is -0.185. The van der Waals surface area contributed by atoms with E-state index in [1.807, 2.05) is 48.5 Å². The minimum absolute atomic E-state index is 0.447. The summed E-state index contributed by atoms with van der Waals surface area (Å²) in [6.45, 7) is 0. The quantitative estimate of drug-likeness (QED) is 0.629. The van der Waals surface area contributed by atoms with Gasteiger partial charge in [-0.05, 0) is 30.0 Å². The molecule has 0 bridgehead atoms. The van der Waals surface area contributed by atoms with Gasteiger partial charge in [-0.15, -0.1) is 0 Å². The number of carbonyl (C=O) groups excluding carboxylic acids is 1. The molecule has 1 aliphatic carbocycles. The molecular formula is C23H22N2O3S. The summed E-state index contributed by atoms with van der Waals surface area (Å²) >= 11 is 1.15. The van der Waals surface area contributed by atoms with Gasteiger partial charge < -0.3 is 9.84 Å². The minimum atomic E-state index is -1.72. The van der Waals surface area contributed by atoms with E-state index in [-0.39, 0.29) is 0 Å². The fourth-order valence-electron chi connectivity index (χ4n) is 4.59. The second-order valence-corrected chi connectivity index (χ2v) is 8.46. The Morgan fingerprint density at radius 1 is 1.03 bits per heavy atom. The minimum Gasteiger partial charge on any atom is -0.421 e. The summed E-state index contributed by atoms with van der Waals surface area (Å²) in [6, 6.07) is 14.8. The van der Waals surface area contributed by atoms with Crippen LogP contribution < -0.4 is 0 Å². The predicted octanol–water partition coefficient (Wildman–Crippen LogP) is 4.82. The van der Waals surface area contributed by atoms with E-state index in [4.69, 9.17) is 4.74 Å². The Hall–Kier alpha value is -2.57. The van der Waals surface area contributed by atoms with Crippen LogP contribution in [0.25, 0.3) is 16.6 Å². The van der Waals surface area contributed by atoms with Crippen molar-refractivity contribution in [1.82, 2.24) is 8.75 Å². The number of cyclic esters (lactones) is 1. The van der Waals surface area contributed by atoms with Crippen LogP contribution in [0.5, 0.6) is 0 Å². The molecule has 5 rings (SSSR count). The summed E-state index contributed by atoms with van der Waals surface area (Å²) in [5, 5.41) is 11.6. The maximum Gasteiger partial charge on any atom is 0.341 e. The number of aliphatic hydroxyl groups is 1. The highest BCUT2D eigenvalue weighted by molar-refractivity contribution is 7.00. The maximum atomic E-state index is 13.0. The molecule has 1 aromatic heterocycles. The van der Waals surface area contributed by atoms with Crippen LogP contribution in [0, 0.1) is 5.92 Å². The summed E-state index contributed by atoms with van der Waals surface area (Å²) in [4.78, 5) is 13.0. The Bertz CT molecular complexity index is 1090. The molecular weight excluding hydrogens is 384 g/mol. The molecule has 3 aromatic rings. The van der Waals surface area contributed by atoms with Crippen molar-refractivity contribution in [3.05, 3.63) is 65.2 Å². The van der Waals surface area contributed by atoms with Gasteiger partial charge in [-0.25, -0.2) is 4.79 Å². The van der Waals surface area contributed by atoms with E-state index < -0.39 is 11.8 Å². The van der Waals surface area contributed by atoms with Gasteiger partial charge in [-0.3, -0.25) is 0 Å². The van der Waals surface area contributed by atoms with Crippen LogP contribution >= 0.6 is 11.7 Å². The first-order chi connectivity index (χ1) is 14.1. The lowest BCUT2D eigenvalue weighted by Gasteiger charge is -2.29. The molecule has 1 atom stereocenters. The van der Waals surface area contributed by atoms with Crippen molar-refractivity contribution in [2.75, 3.05) is 0 Å². The first-order valence-corrected chi connectivity index (χ1v) is 10.9. The second kappa shape index (κ2) is 7.35.